The van der Waals surface area contributed by atoms with E-state index in [1.807, 2.05) is 13.0 Å². The second kappa shape index (κ2) is 6.09. The molecule has 0 atom stereocenters. The zero-order chi connectivity index (χ0) is 13.8. The Hall–Kier alpha value is -1.51. The third-order valence-corrected chi connectivity index (χ3v) is 3.14. The topological polar surface area (TPSA) is 26.3 Å². The molecule has 0 spiro atoms. The van der Waals surface area contributed by atoms with E-state index < -0.39 is 0 Å². The molecule has 2 nitrogen and oxygen atoms in total. The SMILES string of the molecule is Cc1ccc(Cl)cc1C(=O)COc1cccc(Cl)c1. The van der Waals surface area contributed by atoms with E-state index in [9.17, 15) is 4.79 Å². The van der Waals surface area contributed by atoms with Crippen LogP contribution in [0.2, 0.25) is 10.0 Å². The van der Waals surface area contributed by atoms with Crippen LogP contribution in [0.4, 0.5) is 0 Å². The maximum absolute atomic E-state index is 12.1. The molecule has 98 valence electrons. The van der Waals surface area contributed by atoms with Crippen molar-refractivity contribution < 1.29 is 9.53 Å². The average Bonchev–Trinajstić information content (AvgIpc) is 2.39. The molecule has 0 aromatic heterocycles. The first kappa shape index (κ1) is 13.9. The highest BCUT2D eigenvalue weighted by Crippen LogP contribution is 2.19. The number of rotatable bonds is 4. The van der Waals surface area contributed by atoms with Crippen molar-refractivity contribution in [2.75, 3.05) is 6.61 Å². The van der Waals surface area contributed by atoms with Gasteiger partial charge in [0.25, 0.3) is 0 Å². The Morgan fingerprint density at radius 1 is 1.11 bits per heavy atom. The summed E-state index contributed by atoms with van der Waals surface area (Å²) in [6, 6.07) is 12.2. The summed E-state index contributed by atoms with van der Waals surface area (Å²) < 4.78 is 5.42. The quantitative estimate of drug-likeness (QED) is 0.773. The van der Waals surface area contributed by atoms with Gasteiger partial charge in [-0.2, -0.15) is 0 Å². The number of Topliss-reactive ketones (excluding diaryl/α,β-unsaturated/α-hetero) is 1. The number of carbonyl (C=O) groups is 1. The monoisotopic (exact) mass is 294 g/mol. The van der Waals surface area contributed by atoms with E-state index in [1.54, 1.807) is 36.4 Å². The van der Waals surface area contributed by atoms with Crippen molar-refractivity contribution in [1.29, 1.82) is 0 Å². The summed E-state index contributed by atoms with van der Waals surface area (Å²) in [5.41, 5.74) is 1.46. The highest BCUT2D eigenvalue weighted by atomic mass is 35.5. The molecule has 0 saturated heterocycles. The summed E-state index contributed by atoms with van der Waals surface area (Å²) in [7, 11) is 0. The number of aryl methyl sites for hydroxylation is 1. The normalized spacial score (nSPS) is 10.3. The number of carbonyl (C=O) groups excluding carboxylic acids is 1. The van der Waals surface area contributed by atoms with E-state index in [2.05, 4.69) is 0 Å². The van der Waals surface area contributed by atoms with E-state index >= 15 is 0 Å². The molecular weight excluding hydrogens is 283 g/mol. The molecule has 0 heterocycles. The highest BCUT2D eigenvalue weighted by molar-refractivity contribution is 6.31. The van der Waals surface area contributed by atoms with Crippen molar-refractivity contribution in [3.05, 3.63) is 63.6 Å². The van der Waals surface area contributed by atoms with Crippen LogP contribution < -0.4 is 4.74 Å². The van der Waals surface area contributed by atoms with E-state index in [1.165, 1.54) is 0 Å². The van der Waals surface area contributed by atoms with Gasteiger partial charge in [-0.25, -0.2) is 0 Å². The van der Waals surface area contributed by atoms with Gasteiger partial charge in [-0.15, -0.1) is 0 Å². The van der Waals surface area contributed by atoms with Crippen LogP contribution in [0.3, 0.4) is 0 Å². The van der Waals surface area contributed by atoms with Gasteiger partial charge in [0.15, 0.2) is 6.61 Å². The predicted octanol–water partition coefficient (Wildman–Crippen LogP) is 4.56. The van der Waals surface area contributed by atoms with Crippen molar-refractivity contribution in [2.24, 2.45) is 0 Å². The molecule has 0 aliphatic rings. The van der Waals surface area contributed by atoms with Gasteiger partial charge < -0.3 is 4.74 Å². The molecular formula is C15H12Cl2O2. The lowest BCUT2D eigenvalue weighted by Crippen LogP contribution is -2.12. The number of halogens is 2. The first-order valence-electron chi connectivity index (χ1n) is 5.74. The smallest absolute Gasteiger partial charge is 0.200 e. The molecule has 0 unspecified atom stereocenters. The fourth-order valence-electron chi connectivity index (χ4n) is 1.68. The Bertz CT molecular complexity index is 609. The van der Waals surface area contributed by atoms with Crippen molar-refractivity contribution in [2.45, 2.75) is 6.92 Å². The molecule has 0 bridgehead atoms. The second-order valence-corrected chi connectivity index (χ2v) is 5.00. The minimum atomic E-state index is -0.111. The third-order valence-electron chi connectivity index (χ3n) is 2.67. The van der Waals surface area contributed by atoms with Gasteiger partial charge >= 0.3 is 0 Å². The van der Waals surface area contributed by atoms with E-state index in [0.717, 1.165) is 5.56 Å². The van der Waals surface area contributed by atoms with Crippen LogP contribution in [0.25, 0.3) is 0 Å². The summed E-state index contributed by atoms with van der Waals surface area (Å²) in [6.45, 7) is 1.82. The lowest BCUT2D eigenvalue weighted by molar-refractivity contribution is 0.0921. The van der Waals surface area contributed by atoms with Crippen LogP contribution >= 0.6 is 23.2 Å². The fourth-order valence-corrected chi connectivity index (χ4v) is 2.03. The number of benzene rings is 2. The van der Waals surface area contributed by atoms with Crippen LogP contribution in [-0.2, 0) is 0 Å². The van der Waals surface area contributed by atoms with Crippen molar-refractivity contribution in [3.8, 4) is 5.75 Å². The summed E-state index contributed by atoms with van der Waals surface area (Å²) in [5.74, 6) is 0.459. The lowest BCUT2D eigenvalue weighted by Gasteiger charge is -2.08. The van der Waals surface area contributed by atoms with Gasteiger partial charge in [0.05, 0.1) is 0 Å². The molecule has 0 aliphatic carbocycles. The van der Waals surface area contributed by atoms with Crippen molar-refractivity contribution >= 4 is 29.0 Å². The summed E-state index contributed by atoms with van der Waals surface area (Å²) in [4.78, 5) is 12.1. The third kappa shape index (κ3) is 3.72. The molecule has 19 heavy (non-hydrogen) atoms. The standard InChI is InChI=1S/C15H12Cl2O2/c1-10-5-6-12(17)8-14(10)15(18)9-19-13-4-2-3-11(16)7-13/h2-8H,9H2,1H3. The van der Waals surface area contributed by atoms with Crippen molar-refractivity contribution in [1.82, 2.24) is 0 Å². The van der Waals surface area contributed by atoms with E-state index in [0.29, 0.717) is 21.4 Å². The zero-order valence-corrected chi connectivity index (χ0v) is 11.8. The van der Waals surface area contributed by atoms with Gasteiger partial charge in [-0.1, -0.05) is 35.3 Å². The number of ketones is 1. The lowest BCUT2D eigenvalue weighted by atomic mass is 10.1. The Morgan fingerprint density at radius 3 is 2.58 bits per heavy atom. The van der Waals surface area contributed by atoms with E-state index in [-0.39, 0.29) is 12.4 Å². The Kier molecular flexibility index (Phi) is 4.46. The summed E-state index contributed by atoms with van der Waals surface area (Å²) in [6.07, 6.45) is 0. The fraction of sp³-hybridized carbons (Fsp3) is 0.133. The second-order valence-electron chi connectivity index (χ2n) is 4.13. The van der Waals surface area contributed by atoms with Gasteiger partial charge in [-0.05, 0) is 42.8 Å². The average molecular weight is 295 g/mol. The first-order chi connectivity index (χ1) is 9.06. The zero-order valence-electron chi connectivity index (χ0n) is 10.3. The molecule has 0 radical (unpaired) electrons. The molecule has 0 amide bonds. The summed E-state index contributed by atoms with van der Waals surface area (Å²) in [5, 5.41) is 1.11. The Morgan fingerprint density at radius 2 is 1.84 bits per heavy atom. The van der Waals surface area contributed by atoms with Gasteiger partial charge in [0, 0.05) is 15.6 Å². The number of ether oxygens (including phenoxy) is 1. The van der Waals surface area contributed by atoms with Crippen LogP contribution in [0.15, 0.2) is 42.5 Å². The molecule has 2 rings (SSSR count). The van der Waals surface area contributed by atoms with Gasteiger partial charge in [-0.3, -0.25) is 4.79 Å². The largest absolute Gasteiger partial charge is 0.485 e. The van der Waals surface area contributed by atoms with Crippen LogP contribution in [0.1, 0.15) is 15.9 Å². The van der Waals surface area contributed by atoms with Crippen LogP contribution in [-0.4, -0.2) is 12.4 Å². The number of hydrogen-bond acceptors (Lipinski definition) is 2. The van der Waals surface area contributed by atoms with Crippen LogP contribution in [0, 0.1) is 6.92 Å². The molecule has 2 aromatic rings. The minimum Gasteiger partial charge on any atom is -0.485 e. The molecule has 0 saturated carbocycles. The maximum atomic E-state index is 12.1. The molecule has 0 N–H and O–H groups in total. The molecule has 0 fully saturated rings. The van der Waals surface area contributed by atoms with E-state index in [4.69, 9.17) is 27.9 Å². The Balaban J connectivity index is 2.07. The number of hydrogen-bond donors (Lipinski definition) is 0. The first-order valence-corrected chi connectivity index (χ1v) is 6.49. The maximum Gasteiger partial charge on any atom is 0.200 e. The highest BCUT2D eigenvalue weighted by Gasteiger charge is 2.10. The summed E-state index contributed by atoms with van der Waals surface area (Å²) >= 11 is 11.7. The Labute approximate surface area is 121 Å². The molecule has 2 aromatic carbocycles. The van der Waals surface area contributed by atoms with Gasteiger partial charge in [0.1, 0.15) is 5.75 Å². The minimum absolute atomic E-state index is 0.0402. The molecule has 4 heteroatoms. The molecule has 0 aliphatic heterocycles. The van der Waals surface area contributed by atoms with Gasteiger partial charge in [0.2, 0.25) is 5.78 Å². The predicted molar refractivity (Wildman–Crippen MR) is 77.5 cm³/mol. The van der Waals surface area contributed by atoms with Crippen molar-refractivity contribution in [3.63, 3.8) is 0 Å². The van der Waals surface area contributed by atoms with Crippen LogP contribution in [0.5, 0.6) is 5.75 Å².